The second-order valence-electron chi connectivity index (χ2n) is 7.15. The van der Waals surface area contributed by atoms with Gasteiger partial charge in [0.2, 0.25) is 0 Å². The Morgan fingerprint density at radius 3 is 3.00 bits per heavy atom. The molecule has 0 spiro atoms. The first kappa shape index (κ1) is 19.0. The number of hydrogen-bond acceptors (Lipinski definition) is 5. The summed E-state index contributed by atoms with van der Waals surface area (Å²) in [6.07, 6.45) is 3.12. The zero-order chi connectivity index (χ0) is 20.1. The van der Waals surface area contributed by atoms with Gasteiger partial charge in [0.15, 0.2) is 17.4 Å². The van der Waals surface area contributed by atoms with E-state index in [1.165, 1.54) is 5.69 Å². The van der Waals surface area contributed by atoms with Gasteiger partial charge in [-0.05, 0) is 36.6 Å². The van der Waals surface area contributed by atoms with Crippen LogP contribution in [0.15, 0.2) is 53.7 Å². The van der Waals surface area contributed by atoms with Crippen LogP contribution in [0.1, 0.15) is 12.2 Å². The van der Waals surface area contributed by atoms with Crippen molar-refractivity contribution in [2.45, 2.75) is 13.0 Å². The monoisotopic (exact) mass is 393 g/mol. The molecule has 29 heavy (non-hydrogen) atoms. The number of nitrogens with zero attached hydrogens (tertiary/aromatic N) is 5. The molecule has 1 aliphatic rings. The fourth-order valence-electron chi connectivity index (χ4n) is 3.68. The van der Waals surface area contributed by atoms with Crippen molar-refractivity contribution >= 4 is 17.3 Å². The Bertz CT molecular complexity index is 984. The molecule has 0 aliphatic carbocycles. The Kier molecular flexibility index (Phi) is 5.79. The number of benzene rings is 1. The minimum absolute atomic E-state index is 0.561. The van der Waals surface area contributed by atoms with Crippen LogP contribution in [0.2, 0.25) is 0 Å². The highest BCUT2D eigenvalue weighted by molar-refractivity contribution is 5.79. The Morgan fingerprint density at radius 1 is 1.21 bits per heavy atom. The maximum Gasteiger partial charge on any atom is 0.191 e. The molecule has 1 fully saturated rings. The molecule has 0 radical (unpaired) electrons. The Balaban J connectivity index is 1.28. The Labute approximate surface area is 170 Å². The quantitative estimate of drug-likeness (QED) is 0.492. The van der Waals surface area contributed by atoms with Crippen LogP contribution in [-0.4, -0.2) is 54.3 Å². The number of guanidine groups is 1. The van der Waals surface area contributed by atoms with E-state index in [0.717, 1.165) is 49.2 Å². The number of ether oxygens (including phenoxy) is 1. The van der Waals surface area contributed by atoms with E-state index in [-0.39, 0.29) is 0 Å². The third kappa shape index (κ3) is 4.42. The van der Waals surface area contributed by atoms with Gasteiger partial charge in [0.25, 0.3) is 0 Å². The van der Waals surface area contributed by atoms with Crippen molar-refractivity contribution in [2.75, 3.05) is 38.7 Å². The van der Waals surface area contributed by atoms with E-state index in [1.807, 2.05) is 40.9 Å². The lowest BCUT2D eigenvalue weighted by Crippen LogP contribution is -2.40. The van der Waals surface area contributed by atoms with Gasteiger partial charge in [0, 0.05) is 44.6 Å². The van der Waals surface area contributed by atoms with Gasteiger partial charge in [-0.2, -0.15) is 0 Å². The molecule has 1 aliphatic heterocycles. The predicted molar refractivity (Wildman–Crippen MR) is 115 cm³/mol. The van der Waals surface area contributed by atoms with Crippen molar-refractivity contribution in [3.8, 4) is 5.75 Å². The fraction of sp³-hybridized carbons (Fsp3) is 0.381. The summed E-state index contributed by atoms with van der Waals surface area (Å²) < 4.78 is 7.32. The lowest BCUT2D eigenvalue weighted by Gasteiger charge is -2.20. The summed E-state index contributed by atoms with van der Waals surface area (Å²) in [5.74, 6) is 3.09. The average molecular weight is 393 g/mol. The van der Waals surface area contributed by atoms with Crippen LogP contribution in [0.25, 0.3) is 5.65 Å². The van der Waals surface area contributed by atoms with Crippen LogP contribution in [0.3, 0.4) is 0 Å². The number of aliphatic imine (C=N–C) groups is 1. The first-order valence-electron chi connectivity index (χ1n) is 9.89. The second-order valence-corrected chi connectivity index (χ2v) is 7.15. The number of methoxy groups -OCH3 is 1. The minimum Gasteiger partial charge on any atom is -0.497 e. The first-order valence-corrected chi connectivity index (χ1v) is 9.89. The van der Waals surface area contributed by atoms with E-state index in [2.05, 4.69) is 42.9 Å². The molecule has 8 nitrogen and oxygen atoms in total. The molecule has 8 heteroatoms. The predicted octanol–water partition coefficient (Wildman–Crippen LogP) is 1.93. The Hall–Kier alpha value is -3.29. The minimum atomic E-state index is 0.561. The van der Waals surface area contributed by atoms with Gasteiger partial charge >= 0.3 is 0 Å². The third-order valence-corrected chi connectivity index (χ3v) is 5.28. The summed E-state index contributed by atoms with van der Waals surface area (Å²) in [5.41, 5.74) is 2.06. The van der Waals surface area contributed by atoms with Crippen molar-refractivity contribution in [3.05, 3.63) is 54.5 Å². The first-order chi connectivity index (χ1) is 14.3. The molecule has 1 unspecified atom stereocenters. The van der Waals surface area contributed by atoms with Crippen LogP contribution in [-0.2, 0) is 6.54 Å². The van der Waals surface area contributed by atoms with Crippen molar-refractivity contribution < 1.29 is 4.74 Å². The van der Waals surface area contributed by atoms with Gasteiger partial charge < -0.3 is 20.3 Å². The Morgan fingerprint density at radius 2 is 2.14 bits per heavy atom. The number of rotatable bonds is 6. The van der Waals surface area contributed by atoms with E-state index in [4.69, 9.17) is 4.74 Å². The molecule has 3 heterocycles. The van der Waals surface area contributed by atoms with Gasteiger partial charge in [-0.1, -0.05) is 12.1 Å². The van der Waals surface area contributed by atoms with Crippen LogP contribution in [0.5, 0.6) is 5.75 Å². The summed E-state index contributed by atoms with van der Waals surface area (Å²) in [5, 5.41) is 15.2. The van der Waals surface area contributed by atoms with E-state index >= 15 is 0 Å². The molecular weight excluding hydrogens is 366 g/mol. The number of hydrogen-bond donors (Lipinski definition) is 2. The maximum absolute atomic E-state index is 5.34. The lowest BCUT2D eigenvalue weighted by atomic mass is 10.1. The fourth-order valence-corrected chi connectivity index (χ4v) is 3.68. The largest absolute Gasteiger partial charge is 0.497 e. The van der Waals surface area contributed by atoms with Gasteiger partial charge in [-0.3, -0.25) is 9.39 Å². The maximum atomic E-state index is 5.34. The molecule has 3 aromatic rings. The summed E-state index contributed by atoms with van der Waals surface area (Å²) in [6.45, 7) is 3.51. The average Bonchev–Trinajstić information content (AvgIpc) is 3.41. The molecular formula is C21H27N7O. The lowest BCUT2D eigenvalue weighted by molar-refractivity contribution is 0.415. The van der Waals surface area contributed by atoms with E-state index in [0.29, 0.717) is 12.5 Å². The highest BCUT2D eigenvalue weighted by Crippen LogP contribution is 2.26. The number of pyridine rings is 1. The summed E-state index contributed by atoms with van der Waals surface area (Å²) in [6, 6.07) is 14.1. The van der Waals surface area contributed by atoms with Crippen LogP contribution in [0.4, 0.5) is 5.69 Å². The zero-order valence-electron chi connectivity index (χ0n) is 16.9. The van der Waals surface area contributed by atoms with Gasteiger partial charge in [0.05, 0.1) is 13.7 Å². The topological polar surface area (TPSA) is 79.1 Å². The van der Waals surface area contributed by atoms with E-state index in [9.17, 15) is 0 Å². The normalized spacial score (nSPS) is 17.0. The summed E-state index contributed by atoms with van der Waals surface area (Å²) in [7, 11) is 3.49. The molecule has 152 valence electrons. The SMILES string of the molecule is CN=C(NCc1nnc2ccccn12)NCC1CCN(c2cccc(OC)c2)C1. The summed E-state index contributed by atoms with van der Waals surface area (Å²) >= 11 is 0. The zero-order valence-corrected chi connectivity index (χ0v) is 16.9. The smallest absolute Gasteiger partial charge is 0.191 e. The molecule has 4 rings (SSSR count). The van der Waals surface area contributed by atoms with Crippen molar-refractivity contribution in [3.63, 3.8) is 0 Å². The van der Waals surface area contributed by atoms with Crippen LogP contribution in [0, 0.1) is 5.92 Å². The van der Waals surface area contributed by atoms with Gasteiger partial charge in [0.1, 0.15) is 5.75 Å². The van der Waals surface area contributed by atoms with Crippen molar-refractivity contribution in [1.82, 2.24) is 25.2 Å². The van der Waals surface area contributed by atoms with E-state index < -0.39 is 0 Å². The van der Waals surface area contributed by atoms with Gasteiger partial charge in [-0.15, -0.1) is 10.2 Å². The van der Waals surface area contributed by atoms with Crippen molar-refractivity contribution in [1.29, 1.82) is 0 Å². The number of aromatic nitrogens is 3. The molecule has 2 N–H and O–H groups in total. The highest BCUT2D eigenvalue weighted by atomic mass is 16.5. The molecule has 1 aromatic carbocycles. The highest BCUT2D eigenvalue weighted by Gasteiger charge is 2.23. The third-order valence-electron chi connectivity index (χ3n) is 5.28. The summed E-state index contributed by atoms with van der Waals surface area (Å²) in [4.78, 5) is 6.75. The second kappa shape index (κ2) is 8.81. The molecule has 0 bridgehead atoms. The number of anilines is 1. The number of nitrogens with one attached hydrogen (secondary N) is 2. The molecule has 0 saturated carbocycles. The van der Waals surface area contributed by atoms with Crippen molar-refractivity contribution in [2.24, 2.45) is 10.9 Å². The molecule has 1 saturated heterocycles. The molecule has 2 aromatic heterocycles. The van der Waals surface area contributed by atoms with E-state index in [1.54, 1.807) is 14.2 Å². The van der Waals surface area contributed by atoms with Crippen LogP contribution >= 0.6 is 0 Å². The van der Waals surface area contributed by atoms with Gasteiger partial charge in [-0.25, -0.2) is 0 Å². The van der Waals surface area contributed by atoms with Crippen LogP contribution < -0.4 is 20.3 Å². The molecule has 0 amide bonds. The number of fused-ring (bicyclic) bond motifs is 1. The molecule has 1 atom stereocenters. The standard InChI is InChI=1S/C21H27N7O/c1-22-21(24-14-20-26-25-19-8-3-4-10-28(19)20)23-13-16-9-11-27(15-16)17-6-5-7-18(12-17)29-2/h3-8,10,12,16H,9,11,13-15H2,1-2H3,(H2,22,23,24).